The van der Waals surface area contributed by atoms with Crippen LogP contribution in [0.5, 0.6) is 0 Å². The van der Waals surface area contributed by atoms with Gasteiger partial charge in [-0.05, 0) is 41.6 Å². The lowest BCUT2D eigenvalue weighted by Gasteiger charge is -2.05. The fourth-order valence-electron chi connectivity index (χ4n) is 1.14. The highest BCUT2D eigenvalue weighted by Crippen LogP contribution is 2.27. The van der Waals surface area contributed by atoms with Crippen LogP contribution in [0.25, 0.3) is 0 Å². The maximum Gasteiger partial charge on any atom is 0.188 e. The number of rotatable bonds is 6. The average Bonchev–Trinajstić information content (AvgIpc) is 2.39. The molecule has 4 nitrogen and oxygen atoms in total. The monoisotopic (exact) mass is 301 g/mol. The van der Waals surface area contributed by atoms with Crippen LogP contribution in [0.4, 0.5) is 0 Å². The standard InChI is InChI=1S/C11H12ClN3OS2/c1-3-16-15-10(5-13)9-4-11(17-7-18-12)8(2)14-6-9/h4,6H,3,7H2,1-2H3/b15-10+. The van der Waals surface area contributed by atoms with E-state index in [0.717, 1.165) is 15.7 Å². The number of oxime groups is 1. The van der Waals surface area contributed by atoms with E-state index in [1.54, 1.807) is 18.0 Å². The lowest BCUT2D eigenvalue weighted by atomic mass is 10.2. The normalized spacial score (nSPS) is 11.1. The second-order valence-electron chi connectivity index (χ2n) is 3.15. The molecule has 0 saturated carbocycles. The summed E-state index contributed by atoms with van der Waals surface area (Å²) in [4.78, 5) is 10.1. The molecule has 1 aromatic heterocycles. The molecule has 0 atom stereocenters. The highest BCUT2D eigenvalue weighted by Gasteiger charge is 2.08. The number of hydrogen-bond donors (Lipinski definition) is 0. The Labute approximate surface area is 119 Å². The number of aryl methyl sites for hydroxylation is 1. The maximum absolute atomic E-state index is 9.02. The van der Waals surface area contributed by atoms with Gasteiger partial charge in [-0.25, -0.2) is 0 Å². The van der Waals surface area contributed by atoms with Gasteiger partial charge in [-0.1, -0.05) is 5.16 Å². The summed E-state index contributed by atoms with van der Waals surface area (Å²) in [5.74, 6) is 0. The van der Waals surface area contributed by atoms with Crippen molar-refractivity contribution >= 4 is 39.1 Å². The molecule has 7 heteroatoms. The SMILES string of the molecule is CCO/N=C(\C#N)c1cnc(C)c(SCSCl)c1. The minimum absolute atomic E-state index is 0.227. The molecule has 0 radical (unpaired) electrons. The first-order chi connectivity index (χ1) is 8.72. The van der Waals surface area contributed by atoms with E-state index in [2.05, 4.69) is 10.1 Å². The zero-order valence-electron chi connectivity index (χ0n) is 10.0. The summed E-state index contributed by atoms with van der Waals surface area (Å²) in [6.45, 7) is 4.15. The summed E-state index contributed by atoms with van der Waals surface area (Å²) in [5, 5.41) is 13.5. The lowest BCUT2D eigenvalue weighted by Crippen LogP contribution is -2.01. The van der Waals surface area contributed by atoms with Gasteiger partial charge < -0.3 is 4.84 Å². The Kier molecular flexibility index (Phi) is 6.94. The molecule has 0 aromatic carbocycles. The topological polar surface area (TPSA) is 58.3 Å². The minimum Gasteiger partial charge on any atom is -0.395 e. The van der Waals surface area contributed by atoms with Gasteiger partial charge in [-0.15, -0.1) is 11.8 Å². The summed E-state index contributed by atoms with van der Waals surface area (Å²) in [6, 6.07) is 3.88. The van der Waals surface area contributed by atoms with Crippen LogP contribution in [0, 0.1) is 18.3 Å². The number of pyridine rings is 1. The van der Waals surface area contributed by atoms with Crippen molar-refractivity contribution in [2.75, 3.05) is 11.7 Å². The highest BCUT2D eigenvalue weighted by atomic mass is 35.7. The molecular weight excluding hydrogens is 290 g/mol. The van der Waals surface area contributed by atoms with E-state index in [1.165, 1.54) is 11.0 Å². The largest absolute Gasteiger partial charge is 0.395 e. The van der Waals surface area contributed by atoms with Gasteiger partial charge in [0, 0.05) is 16.7 Å². The molecule has 1 heterocycles. The summed E-state index contributed by atoms with van der Waals surface area (Å²) in [6.07, 6.45) is 1.62. The first-order valence-corrected chi connectivity index (χ1v) is 7.96. The fraction of sp³-hybridized carbons (Fsp3) is 0.364. The van der Waals surface area contributed by atoms with Crippen LogP contribution in [0.2, 0.25) is 0 Å². The van der Waals surface area contributed by atoms with Gasteiger partial charge in [0.05, 0.1) is 10.8 Å². The number of nitriles is 1. The quantitative estimate of drug-likeness (QED) is 0.348. The molecule has 0 unspecified atom stereocenters. The van der Waals surface area contributed by atoms with Gasteiger partial charge >= 0.3 is 0 Å². The van der Waals surface area contributed by atoms with E-state index < -0.39 is 0 Å². The van der Waals surface area contributed by atoms with Crippen molar-refractivity contribution in [3.63, 3.8) is 0 Å². The van der Waals surface area contributed by atoms with Crippen molar-refractivity contribution in [3.8, 4) is 6.07 Å². The molecule has 0 aliphatic carbocycles. The van der Waals surface area contributed by atoms with Crippen molar-refractivity contribution in [3.05, 3.63) is 23.5 Å². The number of halogens is 1. The van der Waals surface area contributed by atoms with E-state index in [4.69, 9.17) is 20.8 Å². The summed E-state index contributed by atoms with van der Waals surface area (Å²) in [7, 11) is 6.81. The van der Waals surface area contributed by atoms with Gasteiger partial charge in [-0.3, -0.25) is 4.98 Å². The molecule has 0 saturated heterocycles. The van der Waals surface area contributed by atoms with Crippen LogP contribution in [0.3, 0.4) is 0 Å². The summed E-state index contributed by atoms with van der Waals surface area (Å²) >= 11 is 1.58. The molecule has 0 amide bonds. The second-order valence-corrected chi connectivity index (χ2v) is 5.69. The van der Waals surface area contributed by atoms with Gasteiger partial charge in [0.15, 0.2) is 5.71 Å². The van der Waals surface area contributed by atoms with Gasteiger partial charge in [0.2, 0.25) is 0 Å². The Bertz CT molecular complexity index is 474. The third kappa shape index (κ3) is 4.41. The first kappa shape index (κ1) is 15.2. The van der Waals surface area contributed by atoms with E-state index >= 15 is 0 Å². The molecule has 18 heavy (non-hydrogen) atoms. The Morgan fingerprint density at radius 3 is 3.06 bits per heavy atom. The predicted molar refractivity (Wildman–Crippen MR) is 76.9 cm³/mol. The van der Waals surface area contributed by atoms with Crippen LogP contribution in [0.15, 0.2) is 22.3 Å². The van der Waals surface area contributed by atoms with E-state index in [0.29, 0.717) is 12.2 Å². The zero-order chi connectivity index (χ0) is 13.4. The van der Waals surface area contributed by atoms with Crippen molar-refractivity contribution in [2.24, 2.45) is 5.16 Å². The van der Waals surface area contributed by atoms with Crippen molar-refractivity contribution in [1.29, 1.82) is 5.26 Å². The third-order valence-electron chi connectivity index (χ3n) is 1.96. The van der Waals surface area contributed by atoms with Gasteiger partial charge in [0.25, 0.3) is 0 Å². The van der Waals surface area contributed by atoms with Crippen LogP contribution >= 0.6 is 33.4 Å². The van der Waals surface area contributed by atoms with Crippen LogP contribution in [-0.4, -0.2) is 22.4 Å². The Hall–Kier alpha value is -0.900. The smallest absolute Gasteiger partial charge is 0.188 e. The number of aromatic nitrogens is 1. The fourth-order valence-corrected chi connectivity index (χ4v) is 2.70. The highest BCUT2D eigenvalue weighted by molar-refractivity contribution is 8.29. The van der Waals surface area contributed by atoms with E-state index in [9.17, 15) is 0 Å². The van der Waals surface area contributed by atoms with Gasteiger partial charge in [-0.2, -0.15) is 5.26 Å². The Balaban J connectivity index is 2.99. The Morgan fingerprint density at radius 1 is 1.67 bits per heavy atom. The molecule has 0 spiro atoms. The Morgan fingerprint density at radius 2 is 2.44 bits per heavy atom. The molecule has 0 aliphatic heterocycles. The van der Waals surface area contributed by atoms with Crippen molar-refractivity contribution in [1.82, 2.24) is 4.98 Å². The third-order valence-corrected chi connectivity index (χ3v) is 4.32. The predicted octanol–water partition coefficient (Wildman–Crippen LogP) is 3.59. The first-order valence-electron chi connectivity index (χ1n) is 5.16. The number of hydrogen-bond acceptors (Lipinski definition) is 6. The number of nitrogens with zero attached hydrogens (tertiary/aromatic N) is 3. The summed E-state index contributed by atoms with van der Waals surface area (Å²) in [5.41, 5.74) is 1.78. The van der Waals surface area contributed by atoms with Crippen LogP contribution in [-0.2, 0) is 4.84 Å². The molecular formula is C11H12ClN3OS2. The maximum atomic E-state index is 9.02. The molecule has 96 valence electrons. The zero-order valence-corrected chi connectivity index (χ0v) is 12.4. The van der Waals surface area contributed by atoms with Crippen LogP contribution < -0.4 is 0 Å². The molecule has 0 N–H and O–H groups in total. The summed E-state index contributed by atoms with van der Waals surface area (Å²) < 4.78 is 0. The van der Waals surface area contributed by atoms with E-state index in [1.807, 2.05) is 26.0 Å². The molecule has 1 aromatic rings. The van der Waals surface area contributed by atoms with Gasteiger partial charge in [0.1, 0.15) is 12.7 Å². The van der Waals surface area contributed by atoms with Crippen molar-refractivity contribution in [2.45, 2.75) is 18.7 Å². The average molecular weight is 302 g/mol. The van der Waals surface area contributed by atoms with Crippen LogP contribution in [0.1, 0.15) is 18.2 Å². The lowest BCUT2D eigenvalue weighted by molar-refractivity contribution is 0.159. The van der Waals surface area contributed by atoms with E-state index in [-0.39, 0.29) is 5.71 Å². The molecule has 0 aliphatic rings. The molecule has 0 bridgehead atoms. The minimum atomic E-state index is 0.227. The number of thioether (sulfide) groups is 1. The molecule has 1 rings (SSSR count). The second kappa shape index (κ2) is 8.25. The molecule has 0 fully saturated rings. The van der Waals surface area contributed by atoms with Crippen molar-refractivity contribution < 1.29 is 4.84 Å².